The monoisotopic (exact) mass is 293 g/mol. The van der Waals surface area contributed by atoms with Crippen molar-refractivity contribution in [2.45, 2.75) is 0 Å². The number of H-pyrrole nitrogens is 1. The van der Waals surface area contributed by atoms with E-state index in [-0.39, 0.29) is 11.6 Å². The molecule has 110 valence electrons. The van der Waals surface area contributed by atoms with E-state index in [4.69, 9.17) is 0 Å². The lowest BCUT2D eigenvalue weighted by Crippen LogP contribution is -2.45. The van der Waals surface area contributed by atoms with Gasteiger partial charge in [-0.05, 0) is 6.07 Å². The predicted octanol–water partition coefficient (Wildman–Crippen LogP) is 0.520. The van der Waals surface area contributed by atoms with Crippen LogP contribution in [-0.4, -0.2) is 41.1 Å². The zero-order chi connectivity index (χ0) is 14.8. The van der Waals surface area contributed by atoms with Crippen LogP contribution in [-0.2, 0) is 0 Å². The molecule has 3 heterocycles. The molecule has 2 aromatic rings. The van der Waals surface area contributed by atoms with Crippen molar-refractivity contribution in [2.75, 3.05) is 31.1 Å². The molecular formula is C13H13F2N5O. The first-order valence-electron chi connectivity index (χ1n) is 6.52. The lowest BCUT2D eigenvalue weighted by atomic mass is 10.2. The van der Waals surface area contributed by atoms with Crippen LogP contribution in [0.25, 0.3) is 11.4 Å². The summed E-state index contributed by atoms with van der Waals surface area (Å²) in [5, 5.41) is 3.14. The Morgan fingerprint density at radius 1 is 1.24 bits per heavy atom. The summed E-state index contributed by atoms with van der Waals surface area (Å²) in [5.74, 6) is -1.50. The van der Waals surface area contributed by atoms with Crippen molar-refractivity contribution in [1.29, 1.82) is 0 Å². The smallest absolute Gasteiger partial charge is 0.289 e. The molecule has 6 nitrogen and oxygen atoms in total. The number of nitrogens with one attached hydrogen (secondary N) is 2. The van der Waals surface area contributed by atoms with E-state index in [1.54, 1.807) is 4.90 Å². The number of anilines is 1. The molecular weight excluding hydrogens is 280 g/mol. The van der Waals surface area contributed by atoms with Crippen LogP contribution in [0.4, 0.5) is 14.6 Å². The van der Waals surface area contributed by atoms with E-state index >= 15 is 0 Å². The first-order valence-corrected chi connectivity index (χ1v) is 6.52. The molecule has 2 aromatic heterocycles. The summed E-state index contributed by atoms with van der Waals surface area (Å²) < 4.78 is 27.2. The van der Waals surface area contributed by atoms with Gasteiger partial charge < -0.3 is 15.2 Å². The maximum Gasteiger partial charge on any atom is 0.289 e. The number of hydrogen-bond donors (Lipinski definition) is 2. The van der Waals surface area contributed by atoms with Gasteiger partial charge >= 0.3 is 0 Å². The number of nitrogens with zero attached hydrogens (tertiary/aromatic N) is 3. The molecule has 1 aliphatic rings. The minimum atomic E-state index is -0.921. The molecule has 1 aliphatic heterocycles. The second-order valence-corrected chi connectivity index (χ2v) is 4.66. The molecule has 1 saturated heterocycles. The Bertz CT molecular complexity index is 712. The first kappa shape index (κ1) is 13.6. The van der Waals surface area contributed by atoms with Gasteiger partial charge in [-0.1, -0.05) is 0 Å². The molecule has 0 saturated carbocycles. The summed E-state index contributed by atoms with van der Waals surface area (Å²) in [5.41, 5.74) is -0.526. The minimum Gasteiger partial charge on any atom is -0.351 e. The number of pyridine rings is 1. The van der Waals surface area contributed by atoms with Crippen molar-refractivity contribution in [3.05, 3.63) is 40.4 Å². The molecule has 0 bridgehead atoms. The molecule has 0 spiro atoms. The van der Waals surface area contributed by atoms with Gasteiger partial charge in [-0.15, -0.1) is 0 Å². The second kappa shape index (κ2) is 5.57. The summed E-state index contributed by atoms with van der Waals surface area (Å²) in [6.45, 7) is 2.48. The molecule has 0 aliphatic carbocycles. The Labute approximate surface area is 118 Å². The fourth-order valence-corrected chi connectivity index (χ4v) is 2.22. The third kappa shape index (κ3) is 2.75. The van der Waals surface area contributed by atoms with E-state index < -0.39 is 17.3 Å². The van der Waals surface area contributed by atoms with E-state index in [1.807, 2.05) is 0 Å². The van der Waals surface area contributed by atoms with Crippen LogP contribution in [0.2, 0.25) is 0 Å². The molecule has 0 amide bonds. The number of aromatic nitrogens is 3. The third-order valence-electron chi connectivity index (χ3n) is 3.26. The first-order chi connectivity index (χ1) is 10.1. The number of halogens is 2. The highest BCUT2D eigenvalue weighted by Crippen LogP contribution is 2.19. The zero-order valence-corrected chi connectivity index (χ0v) is 11.1. The molecule has 0 unspecified atom stereocenters. The van der Waals surface area contributed by atoms with Crippen molar-refractivity contribution >= 4 is 5.82 Å². The van der Waals surface area contributed by atoms with E-state index in [0.29, 0.717) is 31.7 Å². The topological polar surface area (TPSA) is 73.9 Å². The second-order valence-electron chi connectivity index (χ2n) is 4.66. The van der Waals surface area contributed by atoms with Gasteiger partial charge in [0.15, 0.2) is 5.82 Å². The highest BCUT2D eigenvalue weighted by molar-refractivity contribution is 5.57. The van der Waals surface area contributed by atoms with Crippen molar-refractivity contribution < 1.29 is 8.78 Å². The van der Waals surface area contributed by atoms with E-state index in [2.05, 4.69) is 20.3 Å². The van der Waals surface area contributed by atoms with Crippen LogP contribution in [0.5, 0.6) is 0 Å². The summed E-state index contributed by atoms with van der Waals surface area (Å²) in [6.07, 6.45) is 1.26. The highest BCUT2D eigenvalue weighted by atomic mass is 19.1. The molecule has 3 rings (SSSR count). The SMILES string of the molecule is O=c1[nH]c(-c2ccnc(F)c2)nc(N2CCNCC2)c1F. The maximum atomic E-state index is 14.0. The number of hydrogen-bond acceptors (Lipinski definition) is 5. The lowest BCUT2D eigenvalue weighted by Gasteiger charge is -2.28. The molecule has 2 N–H and O–H groups in total. The van der Waals surface area contributed by atoms with Gasteiger partial charge in [-0.2, -0.15) is 8.78 Å². The van der Waals surface area contributed by atoms with Crippen LogP contribution in [0.3, 0.4) is 0 Å². The fraction of sp³-hybridized carbons (Fsp3) is 0.308. The van der Waals surface area contributed by atoms with Crippen LogP contribution in [0.1, 0.15) is 0 Å². The predicted molar refractivity (Wildman–Crippen MR) is 73.1 cm³/mol. The van der Waals surface area contributed by atoms with Gasteiger partial charge in [-0.3, -0.25) is 4.79 Å². The normalized spacial score (nSPS) is 15.2. The Balaban J connectivity index is 2.07. The maximum absolute atomic E-state index is 14.0. The number of rotatable bonds is 2. The van der Waals surface area contributed by atoms with Crippen LogP contribution in [0, 0.1) is 11.8 Å². The standard InChI is InChI=1S/C13H13F2N5O/c14-9-7-8(1-2-17-9)11-18-12(10(15)13(21)19-11)20-5-3-16-4-6-20/h1-2,7,16H,3-6H2,(H,18,19,21). The molecule has 0 aromatic carbocycles. The van der Waals surface area contributed by atoms with Crippen molar-refractivity contribution in [2.24, 2.45) is 0 Å². The van der Waals surface area contributed by atoms with Gasteiger partial charge in [0, 0.05) is 44.0 Å². The summed E-state index contributed by atoms with van der Waals surface area (Å²) in [6, 6.07) is 2.64. The molecule has 0 atom stereocenters. The van der Waals surface area contributed by atoms with E-state index in [1.165, 1.54) is 12.3 Å². The lowest BCUT2D eigenvalue weighted by molar-refractivity contribution is 0.551. The average molecular weight is 293 g/mol. The van der Waals surface area contributed by atoms with Crippen LogP contribution >= 0.6 is 0 Å². The Morgan fingerprint density at radius 2 is 2.00 bits per heavy atom. The summed E-state index contributed by atoms with van der Waals surface area (Å²) in [4.78, 5) is 23.3. The van der Waals surface area contributed by atoms with Gasteiger partial charge in [0.25, 0.3) is 5.56 Å². The number of aromatic amines is 1. The molecule has 21 heavy (non-hydrogen) atoms. The highest BCUT2D eigenvalue weighted by Gasteiger charge is 2.20. The van der Waals surface area contributed by atoms with Gasteiger partial charge in [-0.25, -0.2) is 9.97 Å². The molecule has 1 fully saturated rings. The van der Waals surface area contributed by atoms with E-state index in [9.17, 15) is 13.6 Å². The van der Waals surface area contributed by atoms with Gasteiger partial charge in [0.1, 0.15) is 5.82 Å². The Kier molecular flexibility index (Phi) is 3.61. The summed E-state index contributed by atoms with van der Waals surface area (Å²) >= 11 is 0. The van der Waals surface area contributed by atoms with Crippen LogP contribution < -0.4 is 15.8 Å². The number of piperazine rings is 1. The molecule has 8 heteroatoms. The van der Waals surface area contributed by atoms with E-state index in [0.717, 1.165) is 6.07 Å². The Morgan fingerprint density at radius 3 is 2.71 bits per heavy atom. The summed E-state index contributed by atoms with van der Waals surface area (Å²) in [7, 11) is 0. The van der Waals surface area contributed by atoms with Crippen molar-refractivity contribution in [3.63, 3.8) is 0 Å². The molecule has 0 radical (unpaired) electrons. The van der Waals surface area contributed by atoms with Crippen LogP contribution in [0.15, 0.2) is 23.1 Å². The van der Waals surface area contributed by atoms with Gasteiger partial charge in [0.2, 0.25) is 11.8 Å². The van der Waals surface area contributed by atoms with Crippen molar-refractivity contribution in [1.82, 2.24) is 20.3 Å². The third-order valence-corrected chi connectivity index (χ3v) is 3.26. The quantitative estimate of drug-likeness (QED) is 0.790. The average Bonchev–Trinajstić information content (AvgIpc) is 2.51. The largest absolute Gasteiger partial charge is 0.351 e. The van der Waals surface area contributed by atoms with Crippen molar-refractivity contribution in [3.8, 4) is 11.4 Å². The Hall–Kier alpha value is -2.35. The fourth-order valence-electron chi connectivity index (χ4n) is 2.22. The zero-order valence-electron chi connectivity index (χ0n) is 11.1. The van der Waals surface area contributed by atoms with Gasteiger partial charge in [0.05, 0.1) is 0 Å². The minimum absolute atomic E-state index is 0.00697.